The van der Waals surface area contributed by atoms with E-state index < -0.39 is 5.97 Å². The first kappa shape index (κ1) is 13.1. The van der Waals surface area contributed by atoms with Crippen LogP contribution in [0, 0.1) is 0 Å². The van der Waals surface area contributed by atoms with Crippen molar-refractivity contribution in [1.82, 2.24) is 0 Å². The highest BCUT2D eigenvalue weighted by atomic mass is 16.7. The Morgan fingerprint density at radius 2 is 1.76 bits per heavy atom. The second kappa shape index (κ2) is 6.58. The minimum atomic E-state index is -0.460. The van der Waals surface area contributed by atoms with E-state index in [0.29, 0.717) is 24.1 Å². The summed E-state index contributed by atoms with van der Waals surface area (Å²) in [5.74, 6) is -0.401. The van der Waals surface area contributed by atoms with Gasteiger partial charge in [-0.25, -0.2) is 4.79 Å². The predicted octanol–water partition coefficient (Wildman–Crippen LogP) is 2.59. The topological polar surface area (TPSA) is 55.7 Å². The third-order valence-corrected chi connectivity index (χ3v) is 2.14. The van der Waals surface area contributed by atoms with Crippen molar-refractivity contribution in [2.45, 2.75) is 26.7 Å². The fraction of sp³-hybridized carbons (Fsp3) is 0.308. The van der Waals surface area contributed by atoms with Gasteiger partial charge in [-0.3, -0.25) is 4.79 Å². The van der Waals surface area contributed by atoms with Gasteiger partial charge in [0.05, 0.1) is 5.71 Å². The van der Waals surface area contributed by atoms with Crippen LogP contribution in [0.4, 0.5) is 0 Å². The Balaban J connectivity index is 2.44. The molecule has 4 heteroatoms. The van der Waals surface area contributed by atoms with Crippen molar-refractivity contribution in [3.05, 3.63) is 35.9 Å². The van der Waals surface area contributed by atoms with E-state index in [1.807, 2.05) is 18.2 Å². The molecule has 0 N–H and O–H groups in total. The maximum Gasteiger partial charge on any atom is 0.331 e. The molecule has 0 saturated heterocycles. The van der Waals surface area contributed by atoms with Crippen molar-refractivity contribution < 1.29 is 14.4 Å². The Kier molecular flexibility index (Phi) is 5.07. The zero-order valence-corrected chi connectivity index (χ0v) is 9.97. The molecular weight excluding hydrogens is 218 g/mol. The van der Waals surface area contributed by atoms with Crippen molar-refractivity contribution in [1.29, 1.82) is 0 Å². The molecule has 4 nitrogen and oxygen atoms in total. The summed E-state index contributed by atoms with van der Waals surface area (Å²) in [6.07, 6.45) is 0.849. The molecule has 0 aromatic heterocycles. The summed E-state index contributed by atoms with van der Waals surface area (Å²) in [7, 11) is 0. The van der Waals surface area contributed by atoms with Gasteiger partial charge in [0.15, 0.2) is 5.78 Å². The first-order chi connectivity index (χ1) is 8.09. The van der Waals surface area contributed by atoms with Crippen molar-refractivity contribution in [3.8, 4) is 0 Å². The SMILES string of the molecule is CC(=O)ON=C(C)CCC(=O)c1ccccc1. The highest BCUT2D eigenvalue weighted by Crippen LogP contribution is 2.05. The van der Waals surface area contributed by atoms with Crippen LogP contribution < -0.4 is 0 Å². The fourth-order valence-corrected chi connectivity index (χ4v) is 1.25. The number of carbonyl (C=O) groups is 2. The second-order valence-corrected chi connectivity index (χ2v) is 3.70. The fourth-order valence-electron chi connectivity index (χ4n) is 1.25. The summed E-state index contributed by atoms with van der Waals surface area (Å²) < 4.78 is 0. The van der Waals surface area contributed by atoms with E-state index in [4.69, 9.17) is 0 Å². The molecule has 1 aromatic rings. The normalized spacial score (nSPS) is 11.1. The van der Waals surface area contributed by atoms with E-state index >= 15 is 0 Å². The molecule has 90 valence electrons. The Morgan fingerprint density at radius 1 is 1.12 bits per heavy atom. The molecule has 17 heavy (non-hydrogen) atoms. The van der Waals surface area contributed by atoms with E-state index in [-0.39, 0.29) is 5.78 Å². The number of hydrogen-bond acceptors (Lipinski definition) is 4. The molecule has 0 aliphatic rings. The van der Waals surface area contributed by atoms with Crippen LogP contribution in [0.25, 0.3) is 0 Å². The van der Waals surface area contributed by atoms with E-state index in [1.165, 1.54) is 6.92 Å². The Bertz CT molecular complexity index is 424. The largest absolute Gasteiger partial charge is 0.331 e. The molecule has 0 aliphatic heterocycles. The van der Waals surface area contributed by atoms with Gasteiger partial charge < -0.3 is 4.84 Å². The van der Waals surface area contributed by atoms with Gasteiger partial charge in [0.25, 0.3) is 0 Å². The number of oxime groups is 1. The monoisotopic (exact) mass is 233 g/mol. The minimum absolute atomic E-state index is 0.0583. The van der Waals surface area contributed by atoms with Crippen LogP contribution in [-0.4, -0.2) is 17.5 Å². The number of hydrogen-bond donors (Lipinski definition) is 0. The molecule has 0 amide bonds. The zero-order chi connectivity index (χ0) is 12.7. The third kappa shape index (κ3) is 5.06. The van der Waals surface area contributed by atoms with Gasteiger partial charge in [-0.1, -0.05) is 35.5 Å². The molecule has 0 bridgehead atoms. The Morgan fingerprint density at radius 3 is 2.35 bits per heavy atom. The second-order valence-electron chi connectivity index (χ2n) is 3.70. The number of benzene rings is 1. The highest BCUT2D eigenvalue weighted by molar-refractivity contribution is 5.98. The molecule has 0 radical (unpaired) electrons. The van der Waals surface area contributed by atoms with E-state index in [2.05, 4.69) is 9.99 Å². The summed E-state index contributed by atoms with van der Waals surface area (Å²) in [5, 5.41) is 3.60. The molecular formula is C13H15NO3. The number of rotatable bonds is 5. The van der Waals surface area contributed by atoms with Crippen molar-refractivity contribution in [3.63, 3.8) is 0 Å². The summed E-state index contributed by atoms with van der Waals surface area (Å²) in [6.45, 7) is 3.01. The van der Waals surface area contributed by atoms with Crippen molar-refractivity contribution in [2.24, 2.45) is 5.16 Å². The Hall–Kier alpha value is -1.97. The van der Waals surface area contributed by atoms with Crippen molar-refractivity contribution in [2.75, 3.05) is 0 Å². The molecule has 1 aromatic carbocycles. The summed E-state index contributed by atoms with van der Waals surface area (Å²) in [5.41, 5.74) is 1.32. The molecule has 0 aliphatic carbocycles. The number of Topliss-reactive ketones (excluding diaryl/α,β-unsaturated/α-hetero) is 1. The van der Waals surface area contributed by atoms with Crippen LogP contribution in [0.15, 0.2) is 35.5 Å². The van der Waals surface area contributed by atoms with Gasteiger partial charge in [0.1, 0.15) is 0 Å². The van der Waals surface area contributed by atoms with Gasteiger partial charge in [0.2, 0.25) is 0 Å². The molecule has 1 rings (SSSR count). The average molecular weight is 233 g/mol. The van der Waals surface area contributed by atoms with Crippen LogP contribution in [0.3, 0.4) is 0 Å². The highest BCUT2D eigenvalue weighted by Gasteiger charge is 2.05. The maximum atomic E-state index is 11.7. The van der Waals surface area contributed by atoms with E-state index in [9.17, 15) is 9.59 Å². The molecule has 0 atom stereocenters. The maximum absolute atomic E-state index is 11.7. The smallest absolute Gasteiger partial charge is 0.319 e. The third-order valence-electron chi connectivity index (χ3n) is 2.14. The van der Waals surface area contributed by atoms with Gasteiger partial charge in [-0.05, 0) is 13.3 Å². The Labute approximate surface area is 100 Å². The lowest BCUT2D eigenvalue weighted by Crippen LogP contribution is -2.03. The van der Waals surface area contributed by atoms with Crippen LogP contribution in [-0.2, 0) is 9.63 Å². The zero-order valence-electron chi connectivity index (χ0n) is 9.97. The van der Waals surface area contributed by atoms with Gasteiger partial charge >= 0.3 is 5.97 Å². The average Bonchev–Trinajstić information content (AvgIpc) is 2.34. The van der Waals surface area contributed by atoms with Crippen molar-refractivity contribution >= 4 is 17.5 Å². The van der Waals surface area contributed by atoms with Gasteiger partial charge in [-0.2, -0.15) is 0 Å². The number of nitrogens with zero attached hydrogens (tertiary/aromatic N) is 1. The van der Waals surface area contributed by atoms with Crippen LogP contribution >= 0.6 is 0 Å². The molecule has 0 fully saturated rings. The molecule has 0 unspecified atom stereocenters. The molecule has 0 heterocycles. The first-order valence-corrected chi connectivity index (χ1v) is 5.39. The van der Waals surface area contributed by atoms with Crippen LogP contribution in [0.5, 0.6) is 0 Å². The lowest BCUT2D eigenvalue weighted by molar-refractivity contribution is -0.140. The lowest BCUT2D eigenvalue weighted by Gasteiger charge is -2.00. The number of ketones is 1. The standard InChI is InChI=1S/C13H15NO3/c1-10(14-17-11(2)15)8-9-13(16)12-6-4-3-5-7-12/h3-7H,8-9H2,1-2H3. The minimum Gasteiger partial charge on any atom is -0.319 e. The van der Waals surface area contributed by atoms with E-state index in [1.54, 1.807) is 19.1 Å². The van der Waals surface area contributed by atoms with Crippen LogP contribution in [0.1, 0.15) is 37.0 Å². The quantitative estimate of drug-likeness (QED) is 0.340. The number of carbonyl (C=O) groups excluding carboxylic acids is 2. The summed E-state index contributed by atoms with van der Waals surface area (Å²) in [4.78, 5) is 26.7. The molecule has 0 spiro atoms. The lowest BCUT2D eigenvalue weighted by atomic mass is 10.1. The first-order valence-electron chi connectivity index (χ1n) is 5.39. The molecule has 0 saturated carbocycles. The predicted molar refractivity (Wildman–Crippen MR) is 64.9 cm³/mol. The van der Waals surface area contributed by atoms with Gasteiger partial charge in [-0.15, -0.1) is 0 Å². The summed E-state index contributed by atoms with van der Waals surface area (Å²) >= 11 is 0. The van der Waals surface area contributed by atoms with Crippen LogP contribution in [0.2, 0.25) is 0 Å². The summed E-state index contributed by atoms with van der Waals surface area (Å²) in [6, 6.07) is 9.08. The van der Waals surface area contributed by atoms with Gasteiger partial charge in [0, 0.05) is 18.9 Å². The van der Waals surface area contributed by atoms with E-state index in [0.717, 1.165) is 0 Å².